The van der Waals surface area contributed by atoms with Crippen molar-refractivity contribution in [1.29, 1.82) is 0 Å². The number of carbonyl (C=O) groups is 1. The number of benzene rings is 1. The lowest BCUT2D eigenvalue weighted by Gasteiger charge is -2.30. The minimum Gasteiger partial charge on any atom is -0.378 e. The van der Waals surface area contributed by atoms with Crippen LogP contribution in [0.25, 0.3) is 0 Å². The number of rotatable bonds is 5. The fourth-order valence-corrected chi connectivity index (χ4v) is 2.99. The van der Waals surface area contributed by atoms with E-state index in [-0.39, 0.29) is 5.91 Å². The SMILES string of the molecule is CCc1noc(C)c1C(=O)NCc1ccccc1N1CCOCC1. The van der Waals surface area contributed by atoms with E-state index in [1.807, 2.05) is 25.1 Å². The lowest BCUT2D eigenvalue weighted by molar-refractivity contribution is 0.0948. The van der Waals surface area contributed by atoms with E-state index in [0.29, 0.717) is 30.0 Å². The highest BCUT2D eigenvalue weighted by Gasteiger charge is 2.20. The van der Waals surface area contributed by atoms with E-state index in [4.69, 9.17) is 9.26 Å². The van der Waals surface area contributed by atoms with Gasteiger partial charge in [0.25, 0.3) is 5.91 Å². The van der Waals surface area contributed by atoms with Crippen LogP contribution in [0, 0.1) is 6.92 Å². The quantitative estimate of drug-likeness (QED) is 0.912. The molecule has 0 atom stereocenters. The van der Waals surface area contributed by atoms with Gasteiger partial charge in [-0.3, -0.25) is 4.79 Å². The van der Waals surface area contributed by atoms with E-state index in [2.05, 4.69) is 21.4 Å². The number of carbonyl (C=O) groups excluding carboxylic acids is 1. The third-order valence-electron chi connectivity index (χ3n) is 4.28. The summed E-state index contributed by atoms with van der Waals surface area (Å²) in [7, 11) is 0. The molecule has 3 rings (SSSR count). The molecule has 1 aliphatic heterocycles. The molecule has 1 N–H and O–H groups in total. The van der Waals surface area contributed by atoms with Crippen molar-refractivity contribution in [3.05, 3.63) is 46.8 Å². The Bertz CT molecular complexity index is 705. The molecule has 24 heavy (non-hydrogen) atoms. The number of aryl methyl sites for hydroxylation is 2. The van der Waals surface area contributed by atoms with Crippen LogP contribution in [-0.4, -0.2) is 37.4 Å². The highest BCUT2D eigenvalue weighted by atomic mass is 16.5. The Hall–Kier alpha value is -2.34. The molecule has 0 unspecified atom stereocenters. The highest BCUT2D eigenvalue weighted by Crippen LogP contribution is 2.22. The predicted octanol–water partition coefficient (Wildman–Crippen LogP) is 2.31. The maximum absolute atomic E-state index is 12.5. The highest BCUT2D eigenvalue weighted by molar-refractivity contribution is 5.96. The summed E-state index contributed by atoms with van der Waals surface area (Å²) in [5.74, 6) is 0.424. The van der Waals surface area contributed by atoms with Crippen LogP contribution in [0.1, 0.15) is 34.3 Å². The summed E-state index contributed by atoms with van der Waals surface area (Å²) in [6.45, 7) is 7.41. The smallest absolute Gasteiger partial charge is 0.257 e. The average Bonchev–Trinajstić information content (AvgIpc) is 3.01. The molecule has 1 fully saturated rings. The minimum atomic E-state index is -0.137. The average molecular weight is 329 g/mol. The largest absolute Gasteiger partial charge is 0.378 e. The van der Waals surface area contributed by atoms with E-state index in [1.165, 1.54) is 0 Å². The Balaban J connectivity index is 1.72. The van der Waals surface area contributed by atoms with Crippen molar-refractivity contribution in [1.82, 2.24) is 10.5 Å². The summed E-state index contributed by atoms with van der Waals surface area (Å²) in [5, 5.41) is 6.94. The Labute approximate surface area is 141 Å². The van der Waals surface area contributed by atoms with Gasteiger partial charge in [0.15, 0.2) is 0 Å². The topological polar surface area (TPSA) is 67.6 Å². The number of nitrogens with zero attached hydrogens (tertiary/aromatic N) is 2. The summed E-state index contributed by atoms with van der Waals surface area (Å²) in [4.78, 5) is 14.8. The van der Waals surface area contributed by atoms with Gasteiger partial charge < -0.3 is 19.5 Å². The fraction of sp³-hybridized carbons (Fsp3) is 0.444. The Morgan fingerprint density at radius 3 is 2.79 bits per heavy atom. The van der Waals surface area contributed by atoms with Crippen LogP contribution in [0.3, 0.4) is 0 Å². The lowest BCUT2D eigenvalue weighted by Crippen LogP contribution is -2.37. The Morgan fingerprint density at radius 1 is 1.29 bits per heavy atom. The molecule has 2 heterocycles. The molecule has 0 radical (unpaired) electrons. The summed E-state index contributed by atoms with van der Waals surface area (Å²) < 4.78 is 10.6. The first-order valence-corrected chi connectivity index (χ1v) is 8.34. The summed E-state index contributed by atoms with van der Waals surface area (Å²) in [6.07, 6.45) is 0.671. The molecular formula is C18H23N3O3. The molecular weight excluding hydrogens is 306 g/mol. The first kappa shape index (κ1) is 16.5. The van der Waals surface area contributed by atoms with Crippen LogP contribution < -0.4 is 10.2 Å². The van der Waals surface area contributed by atoms with Crippen LogP contribution in [-0.2, 0) is 17.7 Å². The second-order valence-corrected chi connectivity index (χ2v) is 5.82. The van der Waals surface area contributed by atoms with Gasteiger partial charge in [0.1, 0.15) is 11.3 Å². The number of hydrogen-bond acceptors (Lipinski definition) is 5. The molecule has 0 bridgehead atoms. The summed E-state index contributed by atoms with van der Waals surface area (Å²) in [5.41, 5.74) is 3.51. The normalized spacial score (nSPS) is 14.7. The van der Waals surface area contributed by atoms with E-state index in [1.54, 1.807) is 6.92 Å². The van der Waals surface area contributed by atoms with Crippen molar-refractivity contribution in [3.8, 4) is 0 Å². The zero-order valence-electron chi connectivity index (χ0n) is 14.2. The van der Waals surface area contributed by atoms with Crippen molar-refractivity contribution in [2.45, 2.75) is 26.8 Å². The third-order valence-corrected chi connectivity index (χ3v) is 4.28. The lowest BCUT2D eigenvalue weighted by atomic mass is 10.1. The number of amides is 1. The zero-order chi connectivity index (χ0) is 16.9. The second kappa shape index (κ2) is 7.49. The number of anilines is 1. The number of para-hydroxylation sites is 1. The molecule has 128 valence electrons. The molecule has 2 aromatic rings. The Morgan fingerprint density at radius 2 is 2.04 bits per heavy atom. The maximum atomic E-state index is 12.5. The molecule has 6 heteroatoms. The van der Waals surface area contributed by atoms with Crippen molar-refractivity contribution in [2.75, 3.05) is 31.2 Å². The van der Waals surface area contributed by atoms with Crippen LogP contribution in [0.2, 0.25) is 0 Å². The molecule has 1 aliphatic rings. The van der Waals surface area contributed by atoms with Crippen molar-refractivity contribution in [2.24, 2.45) is 0 Å². The number of nitrogens with one attached hydrogen (secondary N) is 1. The van der Waals surface area contributed by atoms with Crippen molar-refractivity contribution < 1.29 is 14.1 Å². The number of ether oxygens (including phenoxy) is 1. The second-order valence-electron chi connectivity index (χ2n) is 5.82. The van der Waals surface area contributed by atoms with E-state index < -0.39 is 0 Å². The van der Waals surface area contributed by atoms with Gasteiger partial charge >= 0.3 is 0 Å². The van der Waals surface area contributed by atoms with Crippen molar-refractivity contribution in [3.63, 3.8) is 0 Å². The molecule has 1 aromatic carbocycles. The standard InChI is InChI=1S/C18H23N3O3/c1-3-15-17(13(2)24-20-15)18(22)19-12-14-6-4-5-7-16(14)21-8-10-23-11-9-21/h4-7H,3,8-12H2,1-2H3,(H,19,22). The monoisotopic (exact) mass is 329 g/mol. The molecule has 6 nitrogen and oxygen atoms in total. The van der Waals surface area contributed by atoms with Crippen LogP contribution in [0.15, 0.2) is 28.8 Å². The van der Waals surface area contributed by atoms with Gasteiger partial charge in [-0.25, -0.2) is 0 Å². The van der Waals surface area contributed by atoms with Gasteiger partial charge in [-0.2, -0.15) is 0 Å². The summed E-state index contributed by atoms with van der Waals surface area (Å²) in [6, 6.07) is 8.16. The van der Waals surface area contributed by atoms with E-state index in [9.17, 15) is 4.79 Å². The first-order chi connectivity index (χ1) is 11.7. The van der Waals surface area contributed by atoms with Gasteiger partial charge in [-0.1, -0.05) is 30.3 Å². The fourth-order valence-electron chi connectivity index (χ4n) is 2.99. The van der Waals surface area contributed by atoms with E-state index in [0.717, 1.165) is 37.6 Å². The first-order valence-electron chi connectivity index (χ1n) is 8.34. The van der Waals surface area contributed by atoms with Crippen LogP contribution in [0.4, 0.5) is 5.69 Å². The van der Waals surface area contributed by atoms with Gasteiger partial charge in [0.05, 0.1) is 18.9 Å². The van der Waals surface area contributed by atoms with Crippen LogP contribution >= 0.6 is 0 Å². The third kappa shape index (κ3) is 3.43. The summed E-state index contributed by atoms with van der Waals surface area (Å²) >= 11 is 0. The van der Waals surface area contributed by atoms with Gasteiger partial charge in [0, 0.05) is 25.3 Å². The molecule has 0 aliphatic carbocycles. The predicted molar refractivity (Wildman–Crippen MR) is 91.3 cm³/mol. The van der Waals surface area contributed by atoms with Crippen LogP contribution in [0.5, 0.6) is 0 Å². The van der Waals surface area contributed by atoms with Gasteiger partial charge in [-0.15, -0.1) is 0 Å². The molecule has 1 aromatic heterocycles. The number of morpholine rings is 1. The molecule has 1 saturated heterocycles. The van der Waals surface area contributed by atoms with E-state index >= 15 is 0 Å². The van der Waals surface area contributed by atoms with Crippen molar-refractivity contribution >= 4 is 11.6 Å². The van der Waals surface area contributed by atoms with Gasteiger partial charge in [0.2, 0.25) is 0 Å². The number of aromatic nitrogens is 1. The Kier molecular flexibility index (Phi) is 5.15. The maximum Gasteiger partial charge on any atom is 0.257 e. The number of hydrogen-bond donors (Lipinski definition) is 1. The zero-order valence-corrected chi connectivity index (χ0v) is 14.2. The van der Waals surface area contributed by atoms with Gasteiger partial charge in [-0.05, 0) is 25.0 Å². The molecule has 0 spiro atoms. The minimum absolute atomic E-state index is 0.137. The molecule has 1 amide bonds. The molecule has 0 saturated carbocycles.